The summed E-state index contributed by atoms with van der Waals surface area (Å²) in [5.74, 6) is 0.988. The maximum atomic E-state index is 9.57. The van der Waals surface area contributed by atoms with Crippen molar-refractivity contribution in [2.24, 2.45) is 0 Å². The first-order valence-corrected chi connectivity index (χ1v) is 10.5. The molecule has 1 saturated heterocycles. The van der Waals surface area contributed by atoms with Crippen LogP contribution in [0.2, 0.25) is 0 Å². The smallest absolute Gasteiger partial charge is 0.127 e. The van der Waals surface area contributed by atoms with Gasteiger partial charge in [0.15, 0.2) is 0 Å². The van der Waals surface area contributed by atoms with Gasteiger partial charge in [-0.25, -0.2) is 4.98 Å². The van der Waals surface area contributed by atoms with Gasteiger partial charge < -0.3 is 10.0 Å². The summed E-state index contributed by atoms with van der Waals surface area (Å²) in [6.45, 7) is 7.77. The molecule has 0 saturated carbocycles. The quantitative estimate of drug-likeness (QED) is 0.757. The first-order valence-electron chi connectivity index (χ1n) is 10.5. The Hall–Kier alpha value is -2.00. The van der Waals surface area contributed by atoms with Crippen molar-refractivity contribution >= 4 is 5.82 Å². The van der Waals surface area contributed by atoms with E-state index in [4.69, 9.17) is 5.10 Å². The summed E-state index contributed by atoms with van der Waals surface area (Å²) < 4.78 is 2.17. The summed E-state index contributed by atoms with van der Waals surface area (Å²) in [4.78, 5) is 13.7. The Balaban J connectivity index is 1.35. The van der Waals surface area contributed by atoms with Gasteiger partial charge in [-0.1, -0.05) is 6.07 Å². The molecule has 2 aromatic heterocycles. The number of nitrogens with zero attached hydrogens (tertiary/aromatic N) is 7. The van der Waals surface area contributed by atoms with E-state index >= 15 is 0 Å². The van der Waals surface area contributed by atoms with Gasteiger partial charge in [0.25, 0.3) is 0 Å². The van der Waals surface area contributed by atoms with Gasteiger partial charge in [-0.05, 0) is 24.7 Å². The predicted octanol–water partition coefficient (Wildman–Crippen LogP) is 0.468. The highest BCUT2D eigenvalue weighted by atomic mass is 16.3. The fraction of sp³-hybridized carbons (Fsp3) is 0.619. The molecule has 1 unspecified atom stereocenters. The van der Waals surface area contributed by atoms with Crippen molar-refractivity contribution in [3.8, 4) is 0 Å². The molecule has 2 aliphatic heterocycles. The van der Waals surface area contributed by atoms with Crippen molar-refractivity contribution in [2.45, 2.75) is 32.2 Å². The molecule has 29 heavy (non-hydrogen) atoms. The standard InChI is InChI=1S/C21H33N7O/c1-24(2)21-5-4-17(11-22-21)12-26-8-9-28-19(14-26)10-18(23-28)13-27-7-6-25(3)20(15-27)16-29/h4-5,10-11,20,29H,6-9,12-16H2,1-3H3. The van der Waals surface area contributed by atoms with Gasteiger partial charge in [0.05, 0.1) is 24.5 Å². The largest absolute Gasteiger partial charge is 0.395 e. The molecule has 0 bridgehead atoms. The molecule has 2 aliphatic rings. The topological polar surface area (TPSA) is 63.9 Å². The molecule has 4 heterocycles. The maximum absolute atomic E-state index is 9.57. The number of likely N-dealkylation sites (N-methyl/N-ethyl adjacent to an activating group) is 1. The molecule has 8 nitrogen and oxygen atoms in total. The van der Waals surface area contributed by atoms with E-state index in [1.54, 1.807) is 0 Å². The summed E-state index contributed by atoms with van der Waals surface area (Å²) in [7, 11) is 6.11. The number of fused-ring (bicyclic) bond motifs is 1. The van der Waals surface area contributed by atoms with E-state index in [1.807, 2.05) is 25.2 Å². The maximum Gasteiger partial charge on any atom is 0.127 e. The van der Waals surface area contributed by atoms with Crippen LogP contribution in [0.4, 0.5) is 5.82 Å². The zero-order valence-electron chi connectivity index (χ0n) is 17.8. The SMILES string of the molecule is CN(C)c1ccc(CN2CCn3nc(CN4CCN(C)C(CO)C4)cc3C2)cn1. The van der Waals surface area contributed by atoms with Gasteiger partial charge in [-0.15, -0.1) is 0 Å². The number of piperazine rings is 1. The zero-order valence-corrected chi connectivity index (χ0v) is 17.8. The second-order valence-electron chi connectivity index (χ2n) is 8.53. The van der Waals surface area contributed by atoms with Gasteiger partial charge >= 0.3 is 0 Å². The minimum Gasteiger partial charge on any atom is -0.395 e. The van der Waals surface area contributed by atoms with Gasteiger partial charge in [-0.2, -0.15) is 5.10 Å². The number of pyridine rings is 1. The monoisotopic (exact) mass is 399 g/mol. The van der Waals surface area contributed by atoms with Crippen molar-refractivity contribution in [1.82, 2.24) is 29.5 Å². The van der Waals surface area contributed by atoms with Crippen LogP contribution in [0, 0.1) is 0 Å². The number of rotatable bonds is 6. The van der Waals surface area contributed by atoms with Crippen molar-refractivity contribution in [1.29, 1.82) is 0 Å². The van der Waals surface area contributed by atoms with Gasteiger partial charge in [0.1, 0.15) is 5.82 Å². The van der Waals surface area contributed by atoms with E-state index in [9.17, 15) is 5.11 Å². The second-order valence-corrected chi connectivity index (χ2v) is 8.53. The molecule has 0 aliphatic carbocycles. The third kappa shape index (κ3) is 4.78. The molecule has 1 fully saturated rings. The van der Waals surface area contributed by atoms with Gasteiger partial charge in [0.2, 0.25) is 0 Å². The molecule has 0 spiro atoms. The zero-order chi connectivity index (χ0) is 20.4. The summed E-state index contributed by atoms with van der Waals surface area (Å²) in [6.07, 6.45) is 1.98. The van der Waals surface area contributed by atoms with Crippen LogP contribution in [-0.2, 0) is 26.2 Å². The fourth-order valence-electron chi connectivity index (χ4n) is 4.21. The van der Waals surface area contributed by atoms with Gasteiger partial charge in [-0.3, -0.25) is 19.4 Å². The summed E-state index contributed by atoms with van der Waals surface area (Å²) in [6, 6.07) is 6.73. The summed E-state index contributed by atoms with van der Waals surface area (Å²) in [5, 5.41) is 14.4. The Morgan fingerprint density at radius 1 is 1.10 bits per heavy atom. The molecule has 8 heteroatoms. The van der Waals surface area contributed by atoms with Crippen LogP contribution >= 0.6 is 0 Å². The number of aliphatic hydroxyl groups excluding tert-OH is 1. The van der Waals surface area contributed by atoms with E-state index in [-0.39, 0.29) is 12.6 Å². The minimum atomic E-state index is 0.214. The summed E-state index contributed by atoms with van der Waals surface area (Å²) >= 11 is 0. The van der Waals surface area contributed by atoms with Crippen molar-refractivity contribution in [2.75, 3.05) is 58.8 Å². The lowest BCUT2D eigenvalue weighted by Crippen LogP contribution is -2.52. The van der Waals surface area contributed by atoms with E-state index in [1.165, 1.54) is 11.3 Å². The molecule has 0 aromatic carbocycles. The Bertz CT molecular complexity index is 804. The summed E-state index contributed by atoms with van der Waals surface area (Å²) in [5.41, 5.74) is 3.67. The van der Waals surface area contributed by atoms with E-state index in [0.717, 1.165) is 63.9 Å². The average Bonchev–Trinajstić information content (AvgIpc) is 3.11. The van der Waals surface area contributed by atoms with Crippen molar-refractivity contribution in [3.05, 3.63) is 41.3 Å². The van der Waals surface area contributed by atoms with E-state index < -0.39 is 0 Å². The third-order valence-electron chi connectivity index (χ3n) is 6.06. The average molecular weight is 400 g/mol. The molecule has 158 valence electrons. The van der Waals surface area contributed by atoms with E-state index in [0.29, 0.717) is 0 Å². The first-order chi connectivity index (χ1) is 14.0. The molecule has 1 N–H and O–H groups in total. The van der Waals surface area contributed by atoms with Crippen LogP contribution in [-0.4, -0.2) is 94.5 Å². The fourth-order valence-corrected chi connectivity index (χ4v) is 4.21. The lowest BCUT2D eigenvalue weighted by Gasteiger charge is -2.38. The predicted molar refractivity (Wildman–Crippen MR) is 114 cm³/mol. The molecule has 0 radical (unpaired) electrons. The normalized spacial score (nSPS) is 21.3. The molecular formula is C21H33N7O. The Morgan fingerprint density at radius 2 is 1.93 bits per heavy atom. The Morgan fingerprint density at radius 3 is 2.66 bits per heavy atom. The van der Waals surface area contributed by atoms with Gasteiger partial charge in [0, 0.05) is 72.1 Å². The number of anilines is 1. The third-order valence-corrected chi connectivity index (χ3v) is 6.06. The van der Waals surface area contributed by atoms with Crippen LogP contribution in [0.1, 0.15) is 17.0 Å². The highest BCUT2D eigenvalue weighted by Gasteiger charge is 2.25. The van der Waals surface area contributed by atoms with Crippen LogP contribution in [0.5, 0.6) is 0 Å². The molecular weight excluding hydrogens is 366 g/mol. The highest BCUT2D eigenvalue weighted by Crippen LogP contribution is 2.19. The second kappa shape index (κ2) is 8.79. The number of aromatic nitrogens is 3. The van der Waals surface area contributed by atoms with E-state index in [2.05, 4.69) is 49.6 Å². The molecule has 0 amide bonds. The molecule has 2 aromatic rings. The van der Waals surface area contributed by atoms with Crippen LogP contribution < -0.4 is 4.90 Å². The number of hydrogen-bond donors (Lipinski definition) is 1. The highest BCUT2D eigenvalue weighted by molar-refractivity contribution is 5.37. The lowest BCUT2D eigenvalue weighted by molar-refractivity contribution is 0.0533. The minimum absolute atomic E-state index is 0.214. The Labute approximate surface area is 173 Å². The Kier molecular flexibility index (Phi) is 6.15. The van der Waals surface area contributed by atoms with Crippen LogP contribution in [0.3, 0.4) is 0 Å². The molecule has 1 atom stereocenters. The lowest BCUT2D eigenvalue weighted by atomic mass is 10.2. The first kappa shape index (κ1) is 20.3. The van der Waals surface area contributed by atoms with Crippen molar-refractivity contribution < 1.29 is 5.11 Å². The molecule has 4 rings (SSSR count). The van der Waals surface area contributed by atoms with Crippen LogP contribution in [0.15, 0.2) is 24.4 Å². The van der Waals surface area contributed by atoms with Crippen LogP contribution in [0.25, 0.3) is 0 Å². The number of hydrogen-bond acceptors (Lipinski definition) is 7. The number of aliphatic hydroxyl groups is 1. The van der Waals surface area contributed by atoms with Crippen molar-refractivity contribution in [3.63, 3.8) is 0 Å².